The Morgan fingerprint density at radius 2 is 1.86 bits per heavy atom. The molecule has 0 bridgehead atoms. The van der Waals surface area contributed by atoms with E-state index in [0.717, 1.165) is 37.0 Å². The van der Waals surface area contributed by atoms with Gasteiger partial charge in [0.2, 0.25) is 10.0 Å². The molecule has 1 amide bonds. The van der Waals surface area contributed by atoms with Crippen molar-refractivity contribution in [1.29, 1.82) is 0 Å². The Balaban J connectivity index is 1.57. The van der Waals surface area contributed by atoms with E-state index in [1.807, 2.05) is 24.3 Å². The summed E-state index contributed by atoms with van der Waals surface area (Å²) in [5.41, 5.74) is 0.985. The summed E-state index contributed by atoms with van der Waals surface area (Å²) < 4.78 is 38.1. The van der Waals surface area contributed by atoms with E-state index < -0.39 is 10.0 Å². The summed E-state index contributed by atoms with van der Waals surface area (Å²) >= 11 is 0. The van der Waals surface area contributed by atoms with Crippen molar-refractivity contribution in [2.45, 2.75) is 50.1 Å². The standard InChI is InChI=1S/C21H26N2O5S/c1-15-20(29(25,26)22-11-3-4-12-22)13-19(28-15)21(24)23(17-7-8-17)14-16-5-9-18(27-2)10-6-16/h5-6,9-10,13,17H,3-4,7-8,11-12,14H2,1-2H3. The van der Waals surface area contributed by atoms with Gasteiger partial charge in [0.05, 0.1) is 7.11 Å². The van der Waals surface area contributed by atoms with E-state index in [1.54, 1.807) is 18.9 Å². The zero-order chi connectivity index (χ0) is 20.6. The summed E-state index contributed by atoms with van der Waals surface area (Å²) in [6.45, 7) is 3.08. The molecule has 0 N–H and O–H groups in total. The summed E-state index contributed by atoms with van der Waals surface area (Å²) in [5.74, 6) is 0.840. The molecule has 1 aliphatic heterocycles. The van der Waals surface area contributed by atoms with Crippen LogP contribution < -0.4 is 4.74 Å². The fraction of sp³-hybridized carbons (Fsp3) is 0.476. The van der Waals surface area contributed by atoms with E-state index in [1.165, 1.54) is 10.4 Å². The molecule has 2 heterocycles. The van der Waals surface area contributed by atoms with Gasteiger partial charge in [-0.3, -0.25) is 4.79 Å². The molecule has 1 aliphatic carbocycles. The monoisotopic (exact) mass is 418 g/mol. The number of ether oxygens (including phenoxy) is 1. The third kappa shape index (κ3) is 4.04. The number of rotatable bonds is 7. The van der Waals surface area contributed by atoms with Crippen LogP contribution in [0.3, 0.4) is 0 Å². The van der Waals surface area contributed by atoms with Crippen molar-refractivity contribution >= 4 is 15.9 Å². The van der Waals surface area contributed by atoms with Crippen LogP contribution in [0.2, 0.25) is 0 Å². The second-order valence-electron chi connectivity index (χ2n) is 7.65. The van der Waals surface area contributed by atoms with Crippen LogP contribution in [0.15, 0.2) is 39.6 Å². The lowest BCUT2D eigenvalue weighted by Crippen LogP contribution is -2.32. The Hall–Kier alpha value is -2.32. The Bertz CT molecular complexity index is 987. The largest absolute Gasteiger partial charge is 0.497 e. The molecule has 1 saturated carbocycles. The SMILES string of the molecule is COc1ccc(CN(C(=O)c2cc(S(=O)(=O)N3CCCC3)c(C)o2)C2CC2)cc1. The number of amides is 1. The van der Waals surface area contributed by atoms with E-state index in [9.17, 15) is 13.2 Å². The van der Waals surface area contributed by atoms with Crippen molar-refractivity contribution in [3.63, 3.8) is 0 Å². The van der Waals surface area contributed by atoms with Crippen LogP contribution in [0.5, 0.6) is 5.75 Å². The molecule has 1 aromatic heterocycles. The molecule has 4 rings (SSSR count). The maximum atomic E-state index is 13.2. The summed E-state index contributed by atoms with van der Waals surface area (Å²) in [5, 5.41) is 0. The van der Waals surface area contributed by atoms with Gasteiger partial charge in [0, 0.05) is 31.7 Å². The zero-order valence-corrected chi connectivity index (χ0v) is 17.6. The number of sulfonamides is 1. The Kier molecular flexibility index (Phi) is 5.40. The Morgan fingerprint density at radius 1 is 1.21 bits per heavy atom. The molecule has 0 radical (unpaired) electrons. The van der Waals surface area contributed by atoms with E-state index >= 15 is 0 Å². The lowest BCUT2D eigenvalue weighted by Gasteiger charge is -2.21. The summed E-state index contributed by atoms with van der Waals surface area (Å²) in [6, 6.07) is 9.14. The number of hydrogen-bond acceptors (Lipinski definition) is 5. The Labute approximate surface area is 171 Å². The third-order valence-electron chi connectivity index (χ3n) is 5.53. The smallest absolute Gasteiger partial charge is 0.290 e. The number of carbonyl (C=O) groups excluding carboxylic acids is 1. The summed E-state index contributed by atoms with van der Waals surface area (Å²) in [6.07, 6.45) is 3.61. The first-order valence-corrected chi connectivity index (χ1v) is 11.4. The minimum Gasteiger partial charge on any atom is -0.497 e. The average molecular weight is 419 g/mol. The summed E-state index contributed by atoms with van der Waals surface area (Å²) in [4.78, 5) is 15.0. The lowest BCUT2D eigenvalue weighted by atomic mass is 10.2. The summed E-state index contributed by atoms with van der Waals surface area (Å²) in [7, 11) is -2.01. The Morgan fingerprint density at radius 3 is 2.45 bits per heavy atom. The van der Waals surface area contributed by atoms with Crippen LogP contribution in [0.1, 0.15) is 47.6 Å². The van der Waals surface area contributed by atoms with Gasteiger partial charge in [-0.2, -0.15) is 4.31 Å². The van der Waals surface area contributed by atoms with Gasteiger partial charge >= 0.3 is 0 Å². The van der Waals surface area contributed by atoms with Crippen LogP contribution in [-0.4, -0.2) is 49.8 Å². The lowest BCUT2D eigenvalue weighted by molar-refractivity contribution is 0.0696. The van der Waals surface area contributed by atoms with Crippen molar-refractivity contribution in [3.8, 4) is 5.75 Å². The number of hydrogen-bond donors (Lipinski definition) is 0. The second kappa shape index (κ2) is 7.84. The normalized spacial score (nSPS) is 17.4. The van der Waals surface area contributed by atoms with E-state index in [0.29, 0.717) is 19.6 Å². The number of aryl methyl sites for hydroxylation is 1. The minimum atomic E-state index is -3.62. The number of carbonyl (C=O) groups is 1. The molecule has 7 nitrogen and oxygen atoms in total. The number of benzene rings is 1. The van der Waals surface area contributed by atoms with Crippen LogP contribution in [0.4, 0.5) is 0 Å². The third-order valence-corrected chi connectivity index (χ3v) is 7.53. The number of nitrogens with zero attached hydrogens (tertiary/aromatic N) is 2. The highest BCUT2D eigenvalue weighted by atomic mass is 32.2. The van der Waals surface area contributed by atoms with Crippen LogP contribution in [-0.2, 0) is 16.6 Å². The van der Waals surface area contributed by atoms with E-state index in [4.69, 9.17) is 9.15 Å². The van der Waals surface area contributed by atoms with Crippen molar-refractivity contribution in [1.82, 2.24) is 9.21 Å². The predicted molar refractivity (Wildman–Crippen MR) is 107 cm³/mol. The van der Waals surface area contributed by atoms with E-state index in [-0.39, 0.29) is 28.4 Å². The van der Waals surface area contributed by atoms with Gasteiger partial charge in [-0.25, -0.2) is 8.42 Å². The molecule has 2 aliphatic rings. The zero-order valence-electron chi connectivity index (χ0n) is 16.8. The fourth-order valence-corrected chi connectivity index (χ4v) is 5.39. The molecule has 2 aromatic rings. The van der Waals surface area contributed by atoms with Gasteiger partial charge < -0.3 is 14.1 Å². The van der Waals surface area contributed by atoms with Gasteiger partial charge in [-0.15, -0.1) is 0 Å². The molecule has 8 heteroatoms. The molecular weight excluding hydrogens is 392 g/mol. The highest BCUT2D eigenvalue weighted by molar-refractivity contribution is 7.89. The molecule has 0 atom stereocenters. The molecule has 156 valence electrons. The topological polar surface area (TPSA) is 80.1 Å². The van der Waals surface area contributed by atoms with Gasteiger partial charge in [-0.05, 0) is 50.3 Å². The second-order valence-corrected chi connectivity index (χ2v) is 9.56. The molecule has 0 spiro atoms. The highest BCUT2D eigenvalue weighted by Gasteiger charge is 2.37. The molecule has 29 heavy (non-hydrogen) atoms. The number of methoxy groups -OCH3 is 1. The van der Waals surface area contributed by atoms with Gasteiger partial charge in [0.1, 0.15) is 16.4 Å². The highest BCUT2D eigenvalue weighted by Crippen LogP contribution is 2.32. The fourth-order valence-electron chi connectivity index (χ4n) is 3.72. The van der Waals surface area contributed by atoms with Crippen molar-refractivity contribution < 1.29 is 22.4 Å². The first-order valence-electron chi connectivity index (χ1n) is 9.94. The molecule has 2 fully saturated rings. The minimum absolute atomic E-state index is 0.0840. The number of furan rings is 1. The van der Waals surface area contributed by atoms with Crippen molar-refractivity contribution in [2.75, 3.05) is 20.2 Å². The maximum absolute atomic E-state index is 13.2. The molecule has 0 unspecified atom stereocenters. The van der Waals surface area contributed by atoms with Crippen LogP contribution in [0, 0.1) is 6.92 Å². The predicted octanol–water partition coefficient (Wildman–Crippen LogP) is 3.19. The van der Waals surface area contributed by atoms with Crippen LogP contribution >= 0.6 is 0 Å². The maximum Gasteiger partial charge on any atom is 0.290 e. The van der Waals surface area contributed by atoms with Crippen molar-refractivity contribution in [2.24, 2.45) is 0 Å². The first-order chi connectivity index (χ1) is 13.9. The van der Waals surface area contributed by atoms with Gasteiger partial charge in [0.15, 0.2) is 5.76 Å². The van der Waals surface area contributed by atoms with Crippen molar-refractivity contribution in [3.05, 3.63) is 47.4 Å². The average Bonchev–Trinajstić information content (AvgIpc) is 3.23. The van der Waals surface area contributed by atoms with E-state index in [2.05, 4.69) is 0 Å². The molecule has 1 saturated heterocycles. The quantitative estimate of drug-likeness (QED) is 0.690. The molecular formula is C21H26N2O5S. The van der Waals surface area contributed by atoms with Gasteiger partial charge in [0.25, 0.3) is 5.91 Å². The van der Waals surface area contributed by atoms with Crippen LogP contribution in [0.25, 0.3) is 0 Å². The molecule has 1 aromatic carbocycles. The first kappa shape index (κ1) is 20.0. The van der Waals surface area contributed by atoms with Gasteiger partial charge in [-0.1, -0.05) is 12.1 Å².